The Balaban J connectivity index is 4.57. The van der Waals surface area contributed by atoms with Crippen LogP contribution in [0.3, 0.4) is 0 Å². The fourth-order valence-electron chi connectivity index (χ4n) is 2.94. The van der Waals surface area contributed by atoms with E-state index < -0.39 is 0 Å². The first-order valence-corrected chi connectivity index (χ1v) is 9.62. The molecule has 0 rings (SSSR count). The molecule has 2 atom stereocenters. The van der Waals surface area contributed by atoms with Crippen LogP contribution in [0.15, 0.2) is 0 Å². The predicted octanol–water partition coefficient (Wildman–Crippen LogP) is 1.88. The molecule has 0 radical (unpaired) electrons. The van der Waals surface area contributed by atoms with Crippen LogP contribution < -0.4 is 0 Å². The van der Waals surface area contributed by atoms with Crippen molar-refractivity contribution in [2.75, 3.05) is 39.3 Å². The Morgan fingerprint density at radius 2 is 0.750 bits per heavy atom. The van der Waals surface area contributed by atoms with Gasteiger partial charge in [-0.05, 0) is 55.4 Å². The van der Waals surface area contributed by atoms with Crippen LogP contribution in [0.25, 0.3) is 0 Å². The van der Waals surface area contributed by atoms with Gasteiger partial charge in [0.1, 0.15) is 0 Å². The summed E-state index contributed by atoms with van der Waals surface area (Å²) < 4.78 is 0. The van der Waals surface area contributed by atoms with Gasteiger partial charge in [-0.15, -0.1) is 0 Å². The van der Waals surface area contributed by atoms with Crippen molar-refractivity contribution in [2.24, 2.45) is 0 Å². The fourth-order valence-corrected chi connectivity index (χ4v) is 2.94. The molecule has 0 saturated heterocycles. The molecule has 0 aliphatic rings. The smallest absolute Gasteiger partial charge is 0.0639 e. The van der Waals surface area contributed by atoms with E-state index in [2.05, 4.69) is 56.2 Å². The topological polar surface area (TPSA) is 50.2 Å². The fraction of sp³-hybridized carbons (Fsp3) is 1.00. The van der Waals surface area contributed by atoms with E-state index in [-0.39, 0.29) is 12.2 Å². The van der Waals surface area contributed by atoms with Crippen molar-refractivity contribution in [1.82, 2.24) is 14.7 Å². The van der Waals surface area contributed by atoms with Gasteiger partial charge in [0.15, 0.2) is 0 Å². The first-order valence-electron chi connectivity index (χ1n) is 9.62. The van der Waals surface area contributed by atoms with Crippen LogP contribution >= 0.6 is 0 Å². The second-order valence-electron chi connectivity index (χ2n) is 8.01. The molecule has 0 spiro atoms. The Morgan fingerprint density at radius 3 is 0.958 bits per heavy atom. The summed E-state index contributed by atoms with van der Waals surface area (Å²) in [4.78, 5) is 7.18. The third-order valence-electron chi connectivity index (χ3n) is 4.54. The molecule has 0 fully saturated rings. The van der Waals surface area contributed by atoms with Crippen LogP contribution in [-0.4, -0.2) is 94.5 Å². The Morgan fingerprint density at radius 1 is 0.500 bits per heavy atom. The van der Waals surface area contributed by atoms with Crippen molar-refractivity contribution in [3.63, 3.8) is 0 Å². The Kier molecular flexibility index (Phi) is 12.1. The van der Waals surface area contributed by atoms with Crippen molar-refractivity contribution in [3.05, 3.63) is 0 Å². The molecule has 2 unspecified atom stereocenters. The highest BCUT2D eigenvalue weighted by atomic mass is 16.3. The lowest BCUT2D eigenvalue weighted by atomic mass is 10.2. The number of hydrogen-bond donors (Lipinski definition) is 2. The monoisotopic (exact) mass is 345 g/mol. The van der Waals surface area contributed by atoms with Gasteiger partial charge >= 0.3 is 0 Å². The highest BCUT2D eigenvalue weighted by molar-refractivity contribution is 4.73. The van der Waals surface area contributed by atoms with Gasteiger partial charge in [0.05, 0.1) is 12.2 Å². The van der Waals surface area contributed by atoms with E-state index in [1.807, 2.05) is 13.8 Å². The van der Waals surface area contributed by atoms with E-state index in [1.54, 1.807) is 0 Å². The lowest BCUT2D eigenvalue weighted by Crippen LogP contribution is -2.47. The number of nitrogens with zero attached hydrogens (tertiary/aromatic N) is 3. The molecular weight excluding hydrogens is 302 g/mol. The SMILES string of the molecule is CC(O)CN(CCN(CCN(CC(C)O)C(C)C)C(C)C)C(C)C. The number of aliphatic hydroxyl groups excluding tert-OH is 2. The van der Waals surface area contributed by atoms with E-state index in [0.29, 0.717) is 18.1 Å². The van der Waals surface area contributed by atoms with Gasteiger partial charge in [0.2, 0.25) is 0 Å². The third-order valence-corrected chi connectivity index (χ3v) is 4.54. The zero-order valence-electron chi connectivity index (χ0n) is 17.4. The molecule has 0 aromatic heterocycles. The minimum Gasteiger partial charge on any atom is -0.392 e. The first kappa shape index (κ1) is 23.8. The Hall–Kier alpha value is -0.200. The quantitative estimate of drug-likeness (QED) is 0.534. The predicted molar refractivity (Wildman–Crippen MR) is 103 cm³/mol. The molecule has 5 heteroatoms. The molecule has 0 aliphatic carbocycles. The molecule has 0 aromatic carbocycles. The van der Waals surface area contributed by atoms with Crippen molar-refractivity contribution in [1.29, 1.82) is 0 Å². The second-order valence-corrected chi connectivity index (χ2v) is 8.01. The van der Waals surface area contributed by atoms with Gasteiger partial charge < -0.3 is 10.2 Å². The normalized spacial score (nSPS) is 15.5. The summed E-state index contributed by atoms with van der Waals surface area (Å²) in [7, 11) is 0. The van der Waals surface area contributed by atoms with Crippen molar-refractivity contribution in [3.8, 4) is 0 Å². The summed E-state index contributed by atoms with van der Waals surface area (Å²) in [6.07, 6.45) is -0.579. The third kappa shape index (κ3) is 10.6. The summed E-state index contributed by atoms with van der Waals surface area (Å²) in [6, 6.07) is 1.37. The molecule has 24 heavy (non-hydrogen) atoms. The van der Waals surface area contributed by atoms with Crippen molar-refractivity contribution < 1.29 is 10.2 Å². The largest absolute Gasteiger partial charge is 0.392 e. The second kappa shape index (κ2) is 12.2. The zero-order chi connectivity index (χ0) is 18.9. The number of hydrogen-bond acceptors (Lipinski definition) is 5. The molecule has 0 aliphatic heterocycles. The Bertz CT molecular complexity index is 281. The molecule has 0 amide bonds. The molecule has 5 nitrogen and oxygen atoms in total. The van der Waals surface area contributed by atoms with Gasteiger partial charge in [-0.2, -0.15) is 0 Å². The average Bonchev–Trinajstić information content (AvgIpc) is 2.42. The van der Waals surface area contributed by atoms with Gasteiger partial charge in [0, 0.05) is 57.4 Å². The molecule has 0 bridgehead atoms. The molecule has 0 saturated carbocycles. The highest BCUT2D eigenvalue weighted by Gasteiger charge is 2.18. The van der Waals surface area contributed by atoms with Crippen LogP contribution in [-0.2, 0) is 0 Å². The van der Waals surface area contributed by atoms with Crippen LogP contribution in [0, 0.1) is 0 Å². The maximum absolute atomic E-state index is 9.68. The van der Waals surface area contributed by atoms with E-state index in [9.17, 15) is 10.2 Å². The molecule has 0 heterocycles. The van der Waals surface area contributed by atoms with E-state index in [1.165, 1.54) is 0 Å². The number of rotatable bonds is 13. The van der Waals surface area contributed by atoms with Crippen LogP contribution in [0.2, 0.25) is 0 Å². The van der Waals surface area contributed by atoms with E-state index in [4.69, 9.17) is 0 Å². The minimum absolute atomic E-state index is 0.289. The van der Waals surface area contributed by atoms with Crippen LogP contribution in [0.1, 0.15) is 55.4 Å². The maximum atomic E-state index is 9.68. The van der Waals surface area contributed by atoms with Crippen molar-refractivity contribution in [2.45, 2.75) is 85.7 Å². The van der Waals surface area contributed by atoms with Gasteiger partial charge in [-0.1, -0.05) is 0 Å². The van der Waals surface area contributed by atoms with Gasteiger partial charge in [0.25, 0.3) is 0 Å². The standard InChI is InChI=1S/C19H43N3O2/c1-15(2)20(9-11-21(16(3)4)13-18(7)23)10-12-22(17(5)6)14-19(8)24/h15-19,23-24H,9-14H2,1-8H3. The lowest BCUT2D eigenvalue weighted by molar-refractivity contribution is 0.0763. The van der Waals surface area contributed by atoms with Gasteiger partial charge in [-0.3, -0.25) is 14.7 Å². The molecule has 146 valence electrons. The highest BCUT2D eigenvalue weighted by Crippen LogP contribution is 2.06. The van der Waals surface area contributed by atoms with E-state index >= 15 is 0 Å². The zero-order valence-corrected chi connectivity index (χ0v) is 17.4. The summed E-state index contributed by atoms with van der Waals surface area (Å²) in [5.41, 5.74) is 0. The Labute approximate surface area is 150 Å². The maximum Gasteiger partial charge on any atom is 0.0639 e. The van der Waals surface area contributed by atoms with Crippen molar-refractivity contribution >= 4 is 0 Å². The summed E-state index contributed by atoms with van der Waals surface area (Å²) in [5, 5.41) is 19.4. The van der Waals surface area contributed by atoms with Crippen LogP contribution in [0.5, 0.6) is 0 Å². The molecular formula is C19H43N3O2. The molecule has 2 N–H and O–H groups in total. The summed E-state index contributed by atoms with van der Waals surface area (Å²) in [6.45, 7) is 22.3. The van der Waals surface area contributed by atoms with Crippen LogP contribution in [0.4, 0.5) is 0 Å². The lowest BCUT2D eigenvalue weighted by Gasteiger charge is -2.35. The first-order chi connectivity index (χ1) is 11.0. The summed E-state index contributed by atoms with van der Waals surface area (Å²) in [5.74, 6) is 0. The van der Waals surface area contributed by atoms with E-state index in [0.717, 1.165) is 39.3 Å². The number of aliphatic hydroxyl groups is 2. The van der Waals surface area contributed by atoms with Gasteiger partial charge in [-0.25, -0.2) is 0 Å². The minimum atomic E-state index is -0.289. The summed E-state index contributed by atoms with van der Waals surface area (Å²) >= 11 is 0. The molecule has 0 aromatic rings. The average molecular weight is 346 g/mol.